The fraction of sp³-hybridized carbons (Fsp3) is 0.435. The van der Waals surface area contributed by atoms with E-state index in [-0.39, 0.29) is 18.7 Å². The number of fused-ring (bicyclic) bond motifs is 1. The number of ether oxygens (including phenoxy) is 1. The summed E-state index contributed by atoms with van der Waals surface area (Å²) in [6.45, 7) is 8.64. The van der Waals surface area contributed by atoms with Gasteiger partial charge in [0.05, 0.1) is 10.6 Å². The maximum absolute atomic E-state index is 13.5. The number of carbonyl (C=O) groups excluding carboxylic acids is 1. The average Bonchev–Trinajstić information content (AvgIpc) is 2.72. The molecule has 31 heavy (non-hydrogen) atoms. The summed E-state index contributed by atoms with van der Waals surface area (Å²) in [5.41, 5.74) is 5.38. The van der Waals surface area contributed by atoms with Crippen LogP contribution in [0.3, 0.4) is 0 Å². The van der Waals surface area contributed by atoms with E-state index in [4.69, 9.17) is 4.74 Å². The summed E-state index contributed by atoms with van der Waals surface area (Å²) in [5, 5.41) is 0. The van der Waals surface area contributed by atoms with E-state index in [2.05, 4.69) is 15.9 Å². The van der Waals surface area contributed by atoms with Gasteiger partial charge in [0.2, 0.25) is 10.0 Å². The zero-order valence-corrected chi connectivity index (χ0v) is 20.6. The Balaban J connectivity index is 1.58. The van der Waals surface area contributed by atoms with Gasteiger partial charge in [0.25, 0.3) is 0 Å². The summed E-state index contributed by atoms with van der Waals surface area (Å²) in [6.07, 6.45) is 0.761. The van der Waals surface area contributed by atoms with E-state index < -0.39 is 10.0 Å². The Morgan fingerprint density at radius 1 is 1.00 bits per heavy atom. The molecule has 0 spiro atoms. The van der Waals surface area contributed by atoms with Crippen molar-refractivity contribution in [2.24, 2.45) is 0 Å². The maximum atomic E-state index is 13.5. The summed E-state index contributed by atoms with van der Waals surface area (Å²) in [6, 6.07) is 7.73. The van der Waals surface area contributed by atoms with Crippen LogP contribution in [0.4, 0.5) is 10.5 Å². The van der Waals surface area contributed by atoms with E-state index in [1.54, 1.807) is 9.21 Å². The van der Waals surface area contributed by atoms with Crippen LogP contribution >= 0.6 is 15.9 Å². The maximum Gasteiger partial charge on any atom is 0.414 e. The molecule has 6 nitrogen and oxygen atoms in total. The number of carbonyl (C=O) groups is 1. The topological polar surface area (TPSA) is 66.9 Å². The van der Waals surface area contributed by atoms with Crippen molar-refractivity contribution in [2.75, 3.05) is 18.0 Å². The normalized spacial score (nSPS) is 18.1. The third-order valence-corrected chi connectivity index (χ3v) is 9.20. The van der Waals surface area contributed by atoms with Crippen LogP contribution in [0.5, 0.6) is 0 Å². The van der Waals surface area contributed by atoms with Crippen LogP contribution in [0.1, 0.15) is 40.7 Å². The molecule has 4 rings (SSSR count). The van der Waals surface area contributed by atoms with Crippen molar-refractivity contribution in [3.63, 3.8) is 0 Å². The predicted octanol–water partition coefficient (Wildman–Crippen LogP) is 4.99. The lowest BCUT2D eigenvalue weighted by atomic mass is 10.0. The second-order valence-corrected chi connectivity index (χ2v) is 11.2. The number of hydrogen-bond donors (Lipinski definition) is 0. The Morgan fingerprint density at radius 2 is 1.61 bits per heavy atom. The molecule has 0 aromatic heterocycles. The molecule has 2 aromatic rings. The molecule has 8 heteroatoms. The average molecular weight is 507 g/mol. The third-order valence-electron chi connectivity index (χ3n) is 6.53. The number of aryl methyl sites for hydroxylation is 2. The molecule has 1 amide bonds. The Labute approximate surface area is 192 Å². The molecule has 0 aliphatic carbocycles. The van der Waals surface area contributed by atoms with Crippen LogP contribution in [0.2, 0.25) is 0 Å². The van der Waals surface area contributed by atoms with Gasteiger partial charge in [-0.2, -0.15) is 4.31 Å². The number of benzene rings is 2. The zero-order valence-electron chi connectivity index (χ0n) is 18.2. The van der Waals surface area contributed by atoms with Gasteiger partial charge in [0.1, 0.15) is 6.61 Å². The first-order valence-electron chi connectivity index (χ1n) is 10.4. The van der Waals surface area contributed by atoms with Crippen LogP contribution < -0.4 is 4.90 Å². The van der Waals surface area contributed by atoms with Gasteiger partial charge in [0, 0.05) is 29.2 Å². The first-order chi connectivity index (χ1) is 14.6. The van der Waals surface area contributed by atoms with Crippen LogP contribution in [0.15, 0.2) is 33.6 Å². The summed E-state index contributed by atoms with van der Waals surface area (Å²) in [5.74, 6) is 0. The van der Waals surface area contributed by atoms with Crippen molar-refractivity contribution in [3.8, 4) is 0 Å². The number of amides is 1. The molecule has 2 aliphatic heterocycles. The molecule has 0 atom stereocenters. The number of hydrogen-bond acceptors (Lipinski definition) is 4. The lowest BCUT2D eigenvalue weighted by molar-refractivity contribution is 0.135. The minimum Gasteiger partial charge on any atom is -0.444 e. The van der Waals surface area contributed by atoms with Crippen LogP contribution in [-0.2, 0) is 21.4 Å². The van der Waals surface area contributed by atoms with Crippen LogP contribution in [0, 0.1) is 27.7 Å². The van der Waals surface area contributed by atoms with E-state index in [1.165, 1.54) is 0 Å². The molecular formula is C23H27BrN2O4S. The van der Waals surface area contributed by atoms with Crippen LogP contribution in [-0.4, -0.2) is 37.9 Å². The number of sulfonamides is 1. The Morgan fingerprint density at radius 3 is 2.23 bits per heavy atom. The van der Waals surface area contributed by atoms with Gasteiger partial charge in [-0.3, -0.25) is 4.90 Å². The fourth-order valence-corrected chi connectivity index (χ4v) is 7.05. The van der Waals surface area contributed by atoms with E-state index >= 15 is 0 Å². The SMILES string of the molecule is Cc1cc(C)c(C)c(S(=O)(=O)N2CCC(N3C(=O)OCc4cc(Br)ccc43)CC2)c1C. The number of piperidine rings is 1. The summed E-state index contributed by atoms with van der Waals surface area (Å²) < 4.78 is 34.9. The summed E-state index contributed by atoms with van der Waals surface area (Å²) in [7, 11) is -3.61. The second kappa shape index (κ2) is 8.22. The molecule has 0 unspecified atom stereocenters. The lowest BCUT2D eigenvalue weighted by Gasteiger charge is -2.40. The van der Waals surface area contributed by atoms with Gasteiger partial charge in [-0.15, -0.1) is 0 Å². The highest BCUT2D eigenvalue weighted by Crippen LogP contribution is 2.35. The van der Waals surface area contributed by atoms with Crippen molar-refractivity contribution >= 4 is 37.7 Å². The van der Waals surface area contributed by atoms with Gasteiger partial charge in [-0.25, -0.2) is 13.2 Å². The molecule has 0 bridgehead atoms. The van der Waals surface area contributed by atoms with E-state index in [0.29, 0.717) is 30.8 Å². The minimum atomic E-state index is -3.61. The third kappa shape index (κ3) is 3.90. The number of anilines is 1. The molecule has 1 saturated heterocycles. The van der Waals surface area contributed by atoms with Crippen molar-refractivity contribution in [3.05, 3.63) is 56.6 Å². The van der Waals surface area contributed by atoms with Gasteiger partial charge < -0.3 is 4.74 Å². The number of halogens is 1. The van der Waals surface area contributed by atoms with Gasteiger partial charge in [-0.1, -0.05) is 22.0 Å². The lowest BCUT2D eigenvalue weighted by Crippen LogP contribution is -2.50. The molecule has 2 aliphatic rings. The molecule has 166 valence electrons. The Kier molecular flexibility index (Phi) is 5.91. The van der Waals surface area contributed by atoms with Crippen molar-refractivity contribution < 1.29 is 17.9 Å². The van der Waals surface area contributed by atoms with E-state index in [1.807, 2.05) is 52.0 Å². The molecule has 0 saturated carbocycles. The first-order valence-corrected chi connectivity index (χ1v) is 12.7. The first kappa shape index (κ1) is 22.3. The molecule has 1 fully saturated rings. The standard InChI is InChI=1S/C23H27BrN2O4S/c1-14-11-15(2)17(4)22(16(14)3)31(28,29)25-9-7-20(8-10-25)26-21-6-5-19(24)12-18(21)13-30-23(26)27/h5-6,11-12,20H,7-10,13H2,1-4H3. The van der Waals surface area contributed by atoms with Gasteiger partial charge in [-0.05, 0) is 81.0 Å². The zero-order chi connectivity index (χ0) is 22.5. The number of nitrogens with zero attached hydrogens (tertiary/aromatic N) is 2. The quantitative estimate of drug-likeness (QED) is 0.587. The van der Waals surface area contributed by atoms with Gasteiger partial charge >= 0.3 is 6.09 Å². The minimum absolute atomic E-state index is 0.0967. The number of cyclic esters (lactones) is 1. The molecular weight excluding hydrogens is 480 g/mol. The van der Waals surface area contributed by atoms with Crippen molar-refractivity contribution in [2.45, 2.75) is 58.1 Å². The van der Waals surface area contributed by atoms with E-state index in [0.717, 1.165) is 38.0 Å². The van der Waals surface area contributed by atoms with Crippen molar-refractivity contribution in [1.82, 2.24) is 4.31 Å². The molecule has 0 radical (unpaired) electrons. The highest BCUT2D eigenvalue weighted by molar-refractivity contribution is 9.10. The summed E-state index contributed by atoms with van der Waals surface area (Å²) >= 11 is 3.46. The Hall–Kier alpha value is -1.90. The molecule has 2 aromatic carbocycles. The second-order valence-electron chi connectivity index (χ2n) is 8.42. The number of rotatable bonds is 3. The smallest absolute Gasteiger partial charge is 0.414 e. The molecule has 2 heterocycles. The molecule has 0 N–H and O–H groups in total. The monoisotopic (exact) mass is 506 g/mol. The van der Waals surface area contributed by atoms with Crippen LogP contribution in [0.25, 0.3) is 0 Å². The van der Waals surface area contributed by atoms with Gasteiger partial charge in [0.15, 0.2) is 0 Å². The summed E-state index contributed by atoms with van der Waals surface area (Å²) in [4.78, 5) is 14.7. The highest BCUT2D eigenvalue weighted by atomic mass is 79.9. The van der Waals surface area contributed by atoms with E-state index in [9.17, 15) is 13.2 Å². The van der Waals surface area contributed by atoms with Crippen molar-refractivity contribution in [1.29, 1.82) is 0 Å². The highest BCUT2D eigenvalue weighted by Gasteiger charge is 2.38. The Bertz CT molecular complexity index is 1130. The fourth-order valence-electron chi connectivity index (χ4n) is 4.60. The largest absolute Gasteiger partial charge is 0.444 e. The predicted molar refractivity (Wildman–Crippen MR) is 124 cm³/mol.